The molecule has 1 atom stereocenters. The molecule has 0 bridgehead atoms. The first-order valence-electron chi connectivity index (χ1n) is 12.1. The number of aryl methyl sites for hydroxylation is 1. The summed E-state index contributed by atoms with van der Waals surface area (Å²) in [5.41, 5.74) is 1.99. The fourth-order valence-electron chi connectivity index (χ4n) is 5.15. The number of hydrogen-bond donors (Lipinski definition) is 1. The molecule has 0 aromatic heterocycles. The van der Waals surface area contributed by atoms with Crippen molar-refractivity contribution in [1.29, 1.82) is 0 Å². The molecule has 2 aliphatic rings. The Bertz CT molecular complexity index is 902. The Labute approximate surface area is 196 Å². The van der Waals surface area contributed by atoms with Crippen LogP contribution in [-0.2, 0) is 16.0 Å². The van der Waals surface area contributed by atoms with E-state index < -0.39 is 0 Å². The number of anilines is 1. The molecule has 0 spiro atoms. The van der Waals surface area contributed by atoms with Crippen molar-refractivity contribution in [1.82, 2.24) is 9.80 Å². The van der Waals surface area contributed by atoms with Crippen LogP contribution in [0.25, 0.3) is 0 Å². The van der Waals surface area contributed by atoms with Crippen LogP contribution in [0.1, 0.15) is 37.7 Å². The third kappa shape index (κ3) is 6.14. The molecule has 6 heteroatoms. The SMILES string of the molecule is COc1ccc(NC(=O)[C@@H](C2CCCC2)N2CCN(C(=O)CCc3ccccc3)CC2)cc1. The number of nitrogens with one attached hydrogen (secondary N) is 1. The van der Waals surface area contributed by atoms with Crippen LogP contribution in [0.2, 0.25) is 0 Å². The summed E-state index contributed by atoms with van der Waals surface area (Å²) >= 11 is 0. The van der Waals surface area contributed by atoms with Crippen molar-refractivity contribution in [3.05, 3.63) is 60.2 Å². The Morgan fingerprint density at radius 2 is 1.64 bits per heavy atom. The number of benzene rings is 2. The zero-order valence-electron chi connectivity index (χ0n) is 19.5. The molecule has 2 amide bonds. The molecule has 0 unspecified atom stereocenters. The van der Waals surface area contributed by atoms with Gasteiger partial charge in [0.25, 0.3) is 0 Å². The summed E-state index contributed by atoms with van der Waals surface area (Å²) in [6.07, 6.45) is 5.88. The summed E-state index contributed by atoms with van der Waals surface area (Å²) in [6, 6.07) is 17.5. The average Bonchev–Trinajstić information content (AvgIpc) is 3.38. The minimum absolute atomic E-state index is 0.0657. The van der Waals surface area contributed by atoms with Gasteiger partial charge in [-0.05, 0) is 55.0 Å². The molecule has 1 heterocycles. The number of nitrogens with zero attached hydrogens (tertiary/aromatic N) is 2. The summed E-state index contributed by atoms with van der Waals surface area (Å²) in [5, 5.41) is 3.12. The van der Waals surface area contributed by atoms with Gasteiger partial charge in [0.1, 0.15) is 5.75 Å². The molecule has 4 rings (SSSR count). The normalized spacial score (nSPS) is 18.2. The molecule has 33 heavy (non-hydrogen) atoms. The second-order valence-corrected chi connectivity index (χ2v) is 9.11. The Kier molecular flexibility index (Phi) is 8.00. The highest BCUT2D eigenvalue weighted by molar-refractivity contribution is 5.95. The zero-order valence-corrected chi connectivity index (χ0v) is 19.5. The first-order chi connectivity index (χ1) is 16.1. The first kappa shape index (κ1) is 23.3. The summed E-state index contributed by atoms with van der Waals surface area (Å²) < 4.78 is 5.22. The maximum absolute atomic E-state index is 13.4. The summed E-state index contributed by atoms with van der Waals surface area (Å²) in [7, 11) is 1.63. The van der Waals surface area contributed by atoms with Gasteiger partial charge in [-0.1, -0.05) is 43.2 Å². The van der Waals surface area contributed by atoms with Crippen molar-refractivity contribution < 1.29 is 14.3 Å². The van der Waals surface area contributed by atoms with Crippen molar-refractivity contribution in [2.45, 2.75) is 44.6 Å². The van der Waals surface area contributed by atoms with Crippen molar-refractivity contribution in [2.24, 2.45) is 5.92 Å². The number of rotatable bonds is 8. The molecule has 1 saturated carbocycles. The maximum atomic E-state index is 13.4. The van der Waals surface area contributed by atoms with E-state index in [1.807, 2.05) is 47.4 Å². The third-order valence-corrected chi connectivity index (χ3v) is 7.00. The van der Waals surface area contributed by atoms with Gasteiger partial charge in [-0.2, -0.15) is 0 Å². The van der Waals surface area contributed by atoms with E-state index in [0.717, 1.165) is 43.8 Å². The molecule has 2 fully saturated rings. The van der Waals surface area contributed by atoms with Crippen molar-refractivity contribution >= 4 is 17.5 Å². The molecular weight excluding hydrogens is 414 g/mol. The van der Waals surface area contributed by atoms with Gasteiger partial charge < -0.3 is 15.0 Å². The number of carbonyl (C=O) groups is 2. The number of piperazine rings is 1. The maximum Gasteiger partial charge on any atom is 0.242 e. The van der Waals surface area contributed by atoms with E-state index in [1.54, 1.807) is 7.11 Å². The Morgan fingerprint density at radius 1 is 0.970 bits per heavy atom. The highest BCUT2D eigenvalue weighted by Crippen LogP contribution is 2.32. The highest BCUT2D eigenvalue weighted by Gasteiger charge is 2.37. The Hall–Kier alpha value is -2.86. The van der Waals surface area contributed by atoms with Crippen LogP contribution in [0.4, 0.5) is 5.69 Å². The summed E-state index contributed by atoms with van der Waals surface area (Å²) in [6.45, 7) is 2.86. The molecule has 1 aliphatic heterocycles. The second kappa shape index (κ2) is 11.3. The van der Waals surface area contributed by atoms with E-state index >= 15 is 0 Å². The number of hydrogen-bond acceptors (Lipinski definition) is 4. The summed E-state index contributed by atoms with van der Waals surface area (Å²) in [4.78, 5) is 30.4. The smallest absolute Gasteiger partial charge is 0.242 e. The Balaban J connectivity index is 1.34. The van der Waals surface area contributed by atoms with E-state index in [2.05, 4.69) is 22.3 Å². The standard InChI is InChI=1S/C27H35N3O3/c1-33-24-14-12-23(13-15-24)28-27(32)26(22-9-5-6-10-22)30-19-17-29(18-20-30)25(31)16-11-21-7-3-2-4-8-21/h2-4,7-8,12-15,22,26H,5-6,9-11,16-20H2,1H3,(H,28,32)/t26-/m1/s1. The quantitative estimate of drug-likeness (QED) is 0.663. The van der Waals surface area contributed by atoms with Crippen LogP contribution in [0.15, 0.2) is 54.6 Å². The Morgan fingerprint density at radius 3 is 2.27 bits per heavy atom. The molecule has 2 aromatic rings. The van der Waals surface area contributed by atoms with Gasteiger partial charge in [0, 0.05) is 38.3 Å². The molecule has 0 radical (unpaired) electrons. The lowest BCUT2D eigenvalue weighted by Crippen LogP contribution is -2.57. The molecule has 1 N–H and O–H groups in total. The topological polar surface area (TPSA) is 61.9 Å². The second-order valence-electron chi connectivity index (χ2n) is 9.11. The number of methoxy groups -OCH3 is 1. The predicted molar refractivity (Wildman–Crippen MR) is 130 cm³/mol. The van der Waals surface area contributed by atoms with Crippen LogP contribution in [0, 0.1) is 5.92 Å². The number of amides is 2. The lowest BCUT2D eigenvalue weighted by Gasteiger charge is -2.40. The third-order valence-electron chi connectivity index (χ3n) is 7.00. The molecule has 176 valence electrons. The number of ether oxygens (including phenoxy) is 1. The summed E-state index contributed by atoms with van der Waals surface area (Å²) in [5.74, 6) is 1.42. The van der Waals surface area contributed by atoms with E-state index in [0.29, 0.717) is 25.4 Å². The first-order valence-corrected chi connectivity index (χ1v) is 12.1. The average molecular weight is 450 g/mol. The minimum atomic E-state index is -0.142. The van der Waals surface area contributed by atoms with Crippen LogP contribution in [-0.4, -0.2) is 60.9 Å². The van der Waals surface area contributed by atoms with Crippen LogP contribution >= 0.6 is 0 Å². The molecular formula is C27H35N3O3. The molecule has 1 aliphatic carbocycles. The zero-order chi connectivity index (χ0) is 23.0. The fraction of sp³-hybridized carbons (Fsp3) is 0.481. The molecule has 1 saturated heterocycles. The number of carbonyl (C=O) groups excluding carboxylic acids is 2. The van der Waals surface area contributed by atoms with Gasteiger partial charge in [-0.3, -0.25) is 14.5 Å². The van der Waals surface area contributed by atoms with Gasteiger partial charge in [0.05, 0.1) is 13.2 Å². The van der Waals surface area contributed by atoms with Gasteiger partial charge >= 0.3 is 0 Å². The van der Waals surface area contributed by atoms with E-state index in [4.69, 9.17) is 4.74 Å². The minimum Gasteiger partial charge on any atom is -0.497 e. The lowest BCUT2D eigenvalue weighted by atomic mass is 9.94. The molecule has 6 nitrogen and oxygen atoms in total. The predicted octanol–water partition coefficient (Wildman–Crippen LogP) is 3.97. The van der Waals surface area contributed by atoms with Gasteiger partial charge in [-0.15, -0.1) is 0 Å². The van der Waals surface area contributed by atoms with Crippen molar-refractivity contribution in [3.63, 3.8) is 0 Å². The van der Waals surface area contributed by atoms with E-state index in [1.165, 1.54) is 18.4 Å². The lowest BCUT2D eigenvalue weighted by molar-refractivity contribution is -0.134. The van der Waals surface area contributed by atoms with Crippen LogP contribution in [0.5, 0.6) is 5.75 Å². The van der Waals surface area contributed by atoms with Gasteiger partial charge in [0.2, 0.25) is 11.8 Å². The van der Waals surface area contributed by atoms with E-state index in [9.17, 15) is 9.59 Å². The van der Waals surface area contributed by atoms with E-state index in [-0.39, 0.29) is 17.9 Å². The van der Waals surface area contributed by atoms with Gasteiger partial charge in [-0.25, -0.2) is 0 Å². The largest absolute Gasteiger partial charge is 0.497 e. The van der Waals surface area contributed by atoms with Gasteiger partial charge in [0.15, 0.2) is 0 Å². The molecule has 2 aromatic carbocycles. The van der Waals surface area contributed by atoms with Crippen LogP contribution < -0.4 is 10.1 Å². The van der Waals surface area contributed by atoms with Crippen molar-refractivity contribution in [2.75, 3.05) is 38.6 Å². The monoisotopic (exact) mass is 449 g/mol. The highest BCUT2D eigenvalue weighted by atomic mass is 16.5. The van der Waals surface area contributed by atoms with Crippen LogP contribution in [0.3, 0.4) is 0 Å². The van der Waals surface area contributed by atoms with Crippen molar-refractivity contribution in [3.8, 4) is 5.75 Å². The fourth-order valence-corrected chi connectivity index (χ4v) is 5.15.